The van der Waals surface area contributed by atoms with Crippen LogP contribution in [-0.2, 0) is 0 Å². The number of carbonyl (C=O) groups excluding carboxylic acids is 1. The minimum absolute atomic E-state index is 0.112. The maximum atomic E-state index is 13.3. The van der Waals surface area contributed by atoms with Gasteiger partial charge in [0.25, 0.3) is 11.6 Å². The highest BCUT2D eigenvalue weighted by atomic mass is 32.1. The van der Waals surface area contributed by atoms with Gasteiger partial charge in [0.2, 0.25) is 0 Å². The van der Waals surface area contributed by atoms with Gasteiger partial charge in [-0.2, -0.15) is 0 Å². The molecule has 0 bridgehead atoms. The molecule has 0 spiro atoms. The smallest absolute Gasteiger partial charge is 0.270 e. The standard InChI is InChI=1S/C21H24N4O4S/c1-4-23(5-2)11-12-24(20(26)15-7-6-8-16(13-15)25(27)28)21-22-18-14-17(29-3)9-10-19(18)30-21/h6-10,13-14H,4-5,11-12H2,1-3H3. The number of rotatable bonds is 9. The molecular formula is C21H24N4O4S. The summed E-state index contributed by atoms with van der Waals surface area (Å²) in [7, 11) is 1.59. The van der Waals surface area contributed by atoms with Crippen LogP contribution in [0, 0.1) is 10.1 Å². The summed E-state index contributed by atoms with van der Waals surface area (Å²) in [4.78, 5) is 32.4. The van der Waals surface area contributed by atoms with Crippen molar-refractivity contribution < 1.29 is 14.5 Å². The van der Waals surface area contributed by atoms with Crippen LogP contribution in [0.4, 0.5) is 10.8 Å². The Labute approximate surface area is 178 Å². The van der Waals surface area contributed by atoms with Crippen LogP contribution in [0.1, 0.15) is 24.2 Å². The fraction of sp³-hybridized carbons (Fsp3) is 0.333. The summed E-state index contributed by atoms with van der Waals surface area (Å²) in [6, 6.07) is 11.4. The average Bonchev–Trinajstić information content (AvgIpc) is 3.19. The van der Waals surface area contributed by atoms with E-state index in [0.717, 1.165) is 23.3 Å². The summed E-state index contributed by atoms with van der Waals surface area (Å²) in [6.45, 7) is 6.98. The van der Waals surface area contributed by atoms with Crippen LogP contribution in [0.3, 0.4) is 0 Å². The number of likely N-dealkylation sites (N-methyl/N-ethyl adjacent to an activating group) is 1. The van der Waals surface area contributed by atoms with E-state index < -0.39 is 4.92 Å². The van der Waals surface area contributed by atoms with Crippen LogP contribution in [-0.4, -0.2) is 54.0 Å². The zero-order chi connectivity index (χ0) is 21.7. The summed E-state index contributed by atoms with van der Waals surface area (Å²) in [5, 5.41) is 11.7. The van der Waals surface area contributed by atoms with E-state index in [1.807, 2.05) is 18.2 Å². The minimum atomic E-state index is -0.499. The Balaban J connectivity index is 1.98. The molecule has 1 heterocycles. The van der Waals surface area contributed by atoms with Gasteiger partial charge in [-0.1, -0.05) is 31.3 Å². The first-order chi connectivity index (χ1) is 14.5. The van der Waals surface area contributed by atoms with Gasteiger partial charge in [0.05, 0.1) is 22.2 Å². The first-order valence-corrected chi connectivity index (χ1v) is 10.5. The molecule has 0 unspecified atom stereocenters. The van der Waals surface area contributed by atoms with E-state index >= 15 is 0 Å². The number of carbonyl (C=O) groups is 1. The van der Waals surface area contributed by atoms with E-state index in [9.17, 15) is 14.9 Å². The van der Waals surface area contributed by atoms with Crippen LogP contribution in [0.25, 0.3) is 10.2 Å². The van der Waals surface area contributed by atoms with Gasteiger partial charge < -0.3 is 9.64 Å². The third-order valence-corrected chi connectivity index (χ3v) is 5.96. The van der Waals surface area contributed by atoms with Crippen molar-refractivity contribution in [1.82, 2.24) is 9.88 Å². The summed E-state index contributed by atoms with van der Waals surface area (Å²) in [6.07, 6.45) is 0. The predicted molar refractivity (Wildman–Crippen MR) is 119 cm³/mol. The average molecular weight is 429 g/mol. The molecule has 0 radical (unpaired) electrons. The zero-order valence-corrected chi connectivity index (χ0v) is 18.0. The van der Waals surface area contributed by atoms with Gasteiger partial charge in [-0.15, -0.1) is 0 Å². The number of aromatic nitrogens is 1. The lowest BCUT2D eigenvalue weighted by molar-refractivity contribution is -0.384. The number of ether oxygens (including phenoxy) is 1. The normalized spacial score (nSPS) is 11.1. The Morgan fingerprint density at radius 3 is 2.60 bits per heavy atom. The molecule has 158 valence electrons. The van der Waals surface area contributed by atoms with Crippen molar-refractivity contribution in [3.8, 4) is 5.75 Å². The lowest BCUT2D eigenvalue weighted by Gasteiger charge is -2.24. The number of hydrogen-bond acceptors (Lipinski definition) is 7. The molecule has 0 atom stereocenters. The van der Waals surface area contributed by atoms with Gasteiger partial charge in [0.15, 0.2) is 5.13 Å². The highest BCUT2D eigenvalue weighted by molar-refractivity contribution is 7.22. The van der Waals surface area contributed by atoms with Gasteiger partial charge in [-0.05, 0) is 31.3 Å². The van der Waals surface area contributed by atoms with Crippen molar-refractivity contribution in [2.75, 3.05) is 38.2 Å². The van der Waals surface area contributed by atoms with Gasteiger partial charge in [-0.3, -0.25) is 19.8 Å². The molecule has 0 fully saturated rings. The monoisotopic (exact) mass is 428 g/mol. The second-order valence-electron chi connectivity index (χ2n) is 6.62. The van der Waals surface area contributed by atoms with Gasteiger partial charge >= 0.3 is 0 Å². The Morgan fingerprint density at radius 2 is 1.93 bits per heavy atom. The second-order valence-corrected chi connectivity index (χ2v) is 7.63. The van der Waals surface area contributed by atoms with Crippen molar-refractivity contribution in [1.29, 1.82) is 0 Å². The number of hydrogen-bond donors (Lipinski definition) is 0. The van der Waals surface area contributed by atoms with Crippen LogP contribution >= 0.6 is 11.3 Å². The summed E-state index contributed by atoms with van der Waals surface area (Å²) >= 11 is 1.41. The molecule has 3 aromatic rings. The molecule has 0 aliphatic heterocycles. The van der Waals surface area contributed by atoms with Crippen LogP contribution < -0.4 is 9.64 Å². The first kappa shape index (κ1) is 21.7. The number of methoxy groups -OCH3 is 1. The fourth-order valence-corrected chi connectivity index (χ4v) is 4.08. The van der Waals surface area contributed by atoms with Crippen molar-refractivity contribution in [3.05, 3.63) is 58.1 Å². The van der Waals surface area contributed by atoms with Crippen molar-refractivity contribution in [2.45, 2.75) is 13.8 Å². The second kappa shape index (κ2) is 9.64. The molecule has 0 saturated heterocycles. The molecule has 9 heteroatoms. The summed E-state index contributed by atoms with van der Waals surface area (Å²) in [5.41, 5.74) is 0.896. The van der Waals surface area contributed by atoms with E-state index in [1.165, 1.54) is 29.5 Å². The topological polar surface area (TPSA) is 88.8 Å². The Bertz CT molecular complexity index is 1050. The summed E-state index contributed by atoms with van der Waals surface area (Å²) < 4.78 is 6.20. The highest BCUT2D eigenvalue weighted by Crippen LogP contribution is 2.32. The number of nitrogens with zero attached hydrogens (tertiary/aromatic N) is 4. The third-order valence-electron chi connectivity index (χ3n) is 4.90. The van der Waals surface area contributed by atoms with Gasteiger partial charge in [0.1, 0.15) is 5.75 Å². The molecular weight excluding hydrogens is 404 g/mol. The summed E-state index contributed by atoms with van der Waals surface area (Å²) in [5.74, 6) is 0.385. The maximum absolute atomic E-state index is 13.3. The fourth-order valence-electron chi connectivity index (χ4n) is 3.11. The number of nitro benzene ring substituents is 1. The largest absolute Gasteiger partial charge is 0.497 e. The molecule has 0 N–H and O–H groups in total. The number of thiazole rings is 1. The lowest BCUT2D eigenvalue weighted by Crippen LogP contribution is -2.38. The number of fused-ring (bicyclic) bond motifs is 1. The molecule has 2 aromatic carbocycles. The van der Waals surface area contributed by atoms with Crippen molar-refractivity contribution >= 4 is 38.3 Å². The Hall–Kier alpha value is -3.04. The van der Waals surface area contributed by atoms with Crippen molar-refractivity contribution in [3.63, 3.8) is 0 Å². The lowest BCUT2D eigenvalue weighted by atomic mass is 10.2. The van der Waals surface area contributed by atoms with Crippen LogP contribution in [0.15, 0.2) is 42.5 Å². The zero-order valence-electron chi connectivity index (χ0n) is 17.2. The van der Waals surface area contributed by atoms with E-state index in [2.05, 4.69) is 23.7 Å². The molecule has 8 nitrogen and oxygen atoms in total. The van der Waals surface area contributed by atoms with E-state index in [4.69, 9.17) is 4.74 Å². The van der Waals surface area contributed by atoms with E-state index in [0.29, 0.717) is 24.0 Å². The molecule has 3 rings (SSSR count). The minimum Gasteiger partial charge on any atom is -0.497 e. The Kier molecular flexibility index (Phi) is 6.96. The van der Waals surface area contributed by atoms with Gasteiger partial charge in [0, 0.05) is 36.9 Å². The number of nitro groups is 1. The Morgan fingerprint density at radius 1 is 1.17 bits per heavy atom. The predicted octanol–water partition coefficient (Wildman–Crippen LogP) is 4.20. The first-order valence-electron chi connectivity index (χ1n) is 9.70. The van der Waals surface area contributed by atoms with Gasteiger partial charge in [-0.25, -0.2) is 4.98 Å². The molecule has 0 saturated carbocycles. The quantitative estimate of drug-likeness (QED) is 0.375. The number of non-ortho nitro benzene ring substituents is 1. The SMILES string of the molecule is CCN(CC)CCN(C(=O)c1cccc([N+](=O)[O-])c1)c1nc2cc(OC)ccc2s1. The molecule has 1 aromatic heterocycles. The molecule has 1 amide bonds. The highest BCUT2D eigenvalue weighted by Gasteiger charge is 2.23. The molecule has 30 heavy (non-hydrogen) atoms. The number of amides is 1. The molecule has 0 aliphatic carbocycles. The number of benzene rings is 2. The van der Waals surface area contributed by atoms with E-state index in [1.54, 1.807) is 18.1 Å². The van der Waals surface area contributed by atoms with Crippen LogP contribution in [0.2, 0.25) is 0 Å². The van der Waals surface area contributed by atoms with Crippen LogP contribution in [0.5, 0.6) is 5.75 Å². The maximum Gasteiger partial charge on any atom is 0.270 e. The van der Waals surface area contributed by atoms with E-state index in [-0.39, 0.29) is 17.2 Å². The third kappa shape index (κ3) is 4.74. The number of anilines is 1. The molecule has 0 aliphatic rings. The van der Waals surface area contributed by atoms with Crippen molar-refractivity contribution in [2.24, 2.45) is 0 Å².